The molecule has 0 aliphatic heterocycles. The van der Waals surface area contributed by atoms with Gasteiger partial charge in [-0.15, -0.1) is 11.8 Å². The van der Waals surface area contributed by atoms with Crippen LogP contribution in [-0.4, -0.2) is 38.6 Å². The summed E-state index contributed by atoms with van der Waals surface area (Å²) in [7, 11) is 0. The standard InChI is InChI=1S/C11H18N2O2S/c1-7(2)11-12-8(3)4-10(13-11)16-6-9(15)5-14/h4,7,9,14-15H,5-6H2,1-3H3. The number of aliphatic hydroxyl groups excluding tert-OH is 2. The van der Waals surface area contributed by atoms with Crippen molar-refractivity contribution in [1.29, 1.82) is 0 Å². The van der Waals surface area contributed by atoms with Gasteiger partial charge in [0, 0.05) is 17.4 Å². The van der Waals surface area contributed by atoms with Crippen LogP contribution in [0.2, 0.25) is 0 Å². The summed E-state index contributed by atoms with van der Waals surface area (Å²) in [5.74, 6) is 1.56. The fourth-order valence-electron chi connectivity index (χ4n) is 1.13. The van der Waals surface area contributed by atoms with Crippen LogP contribution in [0.4, 0.5) is 0 Å². The van der Waals surface area contributed by atoms with Crippen molar-refractivity contribution in [2.24, 2.45) is 0 Å². The molecule has 16 heavy (non-hydrogen) atoms. The maximum absolute atomic E-state index is 9.25. The van der Waals surface area contributed by atoms with E-state index in [0.29, 0.717) is 11.7 Å². The zero-order valence-corrected chi connectivity index (χ0v) is 10.7. The Hall–Kier alpha value is -0.650. The summed E-state index contributed by atoms with van der Waals surface area (Å²) in [6.07, 6.45) is -0.692. The molecule has 1 aromatic rings. The molecule has 2 N–H and O–H groups in total. The average Bonchev–Trinajstić information content (AvgIpc) is 2.25. The molecule has 0 spiro atoms. The van der Waals surface area contributed by atoms with Gasteiger partial charge >= 0.3 is 0 Å². The van der Waals surface area contributed by atoms with Crippen molar-refractivity contribution in [3.05, 3.63) is 17.6 Å². The number of aromatic nitrogens is 2. The molecule has 0 amide bonds. The third-order valence-corrected chi connectivity index (χ3v) is 3.06. The van der Waals surface area contributed by atoms with E-state index in [1.54, 1.807) is 0 Å². The van der Waals surface area contributed by atoms with Crippen LogP contribution < -0.4 is 0 Å². The molecule has 1 aromatic heterocycles. The summed E-state index contributed by atoms with van der Waals surface area (Å²) in [6.45, 7) is 5.81. The van der Waals surface area contributed by atoms with Crippen molar-refractivity contribution >= 4 is 11.8 Å². The fourth-order valence-corrected chi connectivity index (χ4v) is 2.01. The molecule has 0 fully saturated rings. The van der Waals surface area contributed by atoms with E-state index in [2.05, 4.69) is 9.97 Å². The van der Waals surface area contributed by atoms with Gasteiger partial charge in [0.25, 0.3) is 0 Å². The first kappa shape index (κ1) is 13.4. The highest BCUT2D eigenvalue weighted by Crippen LogP contribution is 2.19. The average molecular weight is 242 g/mol. The lowest BCUT2D eigenvalue weighted by molar-refractivity contribution is 0.113. The van der Waals surface area contributed by atoms with Gasteiger partial charge in [-0.1, -0.05) is 13.8 Å². The Morgan fingerprint density at radius 3 is 2.62 bits per heavy atom. The largest absolute Gasteiger partial charge is 0.394 e. The highest BCUT2D eigenvalue weighted by molar-refractivity contribution is 7.99. The predicted octanol–water partition coefficient (Wildman–Crippen LogP) is 1.35. The Morgan fingerprint density at radius 1 is 1.38 bits per heavy atom. The van der Waals surface area contributed by atoms with Gasteiger partial charge in [-0.25, -0.2) is 9.97 Å². The second-order valence-corrected chi connectivity index (χ2v) is 5.05. The third-order valence-electron chi connectivity index (χ3n) is 2.00. The lowest BCUT2D eigenvalue weighted by atomic mass is 10.2. The second-order valence-electron chi connectivity index (χ2n) is 4.01. The minimum atomic E-state index is -0.692. The first-order valence-electron chi connectivity index (χ1n) is 5.30. The molecule has 1 atom stereocenters. The number of nitrogens with zero attached hydrogens (tertiary/aromatic N) is 2. The Kier molecular flexibility index (Phi) is 5.18. The molecule has 0 radical (unpaired) electrons. The Balaban J connectivity index is 2.72. The SMILES string of the molecule is Cc1cc(SCC(O)CO)nc(C(C)C)n1. The Morgan fingerprint density at radius 2 is 2.06 bits per heavy atom. The second kappa shape index (κ2) is 6.18. The quantitative estimate of drug-likeness (QED) is 0.603. The highest BCUT2D eigenvalue weighted by Gasteiger charge is 2.08. The topological polar surface area (TPSA) is 66.2 Å². The van der Waals surface area contributed by atoms with Crippen molar-refractivity contribution in [3.63, 3.8) is 0 Å². The van der Waals surface area contributed by atoms with E-state index in [1.807, 2.05) is 26.8 Å². The molecule has 0 saturated heterocycles. The van der Waals surface area contributed by atoms with E-state index in [-0.39, 0.29) is 6.61 Å². The van der Waals surface area contributed by atoms with Crippen molar-refractivity contribution in [2.75, 3.05) is 12.4 Å². The van der Waals surface area contributed by atoms with Crippen molar-refractivity contribution in [1.82, 2.24) is 9.97 Å². The smallest absolute Gasteiger partial charge is 0.132 e. The van der Waals surface area contributed by atoms with Gasteiger partial charge in [-0.3, -0.25) is 0 Å². The van der Waals surface area contributed by atoms with Crippen molar-refractivity contribution in [2.45, 2.75) is 37.8 Å². The number of hydrogen-bond donors (Lipinski definition) is 2. The number of thioether (sulfide) groups is 1. The predicted molar refractivity (Wildman–Crippen MR) is 64.7 cm³/mol. The first-order valence-corrected chi connectivity index (χ1v) is 6.28. The van der Waals surface area contributed by atoms with Crippen LogP contribution >= 0.6 is 11.8 Å². The zero-order valence-electron chi connectivity index (χ0n) is 9.84. The first-order chi connectivity index (χ1) is 7.52. The highest BCUT2D eigenvalue weighted by atomic mass is 32.2. The van der Waals surface area contributed by atoms with E-state index < -0.39 is 6.10 Å². The van der Waals surface area contributed by atoms with Gasteiger partial charge in [-0.05, 0) is 13.0 Å². The van der Waals surface area contributed by atoms with E-state index in [4.69, 9.17) is 5.11 Å². The maximum Gasteiger partial charge on any atom is 0.132 e. The number of rotatable bonds is 5. The van der Waals surface area contributed by atoms with Crippen LogP contribution in [0, 0.1) is 6.92 Å². The summed E-state index contributed by atoms with van der Waals surface area (Å²) >= 11 is 1.44. The van der Waals surface area contributed by atoms with Crippen molar-refractivity contribution < 1.29 is 10.2 Å². The van der Waals surface area contributed by atoms with Gasteiger partial charge in [0.2, 0.25) is 0 Å². The van der Waals surface area contributed by atoms with Crippen LogP contribution in [-0.2, 0) is 0 Å². The minimum absolute atomic E-state index is 0.214. The molecule has 0 aromatic carbocycles. The summed E-state index contributed by atoms with van der Waals surface area (Å²) in [5, 5.41) is 18.8. The minimum Gasteiger partial charge on any atom is -0.394 e. The van der Waals surface area contributed by atoms with Crippen LogP contribution in [0.1, 0.15) is 31.3 Å². The van der Waals surface area contributed by atoms with E-state index >= 15 is 0 Å². The van der Waals surface area contributed by atoms with E-state index in [1.165, 1.54) is 11.8 Å². The number of aliphatic hydroxyl groups is 2. The van der Waals surface area contributed by atoms with Gasteiger partial charge in [0.15, 0.2) is 0 Å². The molecule has 1 unspecified atom stereocenters. The summed E-state index contributed by atoms with van der Waals surface area (Å²) in [5.41, 5.74) is 0.930. The zero-order chi connectivity index (χ0) is 12.1. The molecule has 90 valence electrons. The van der Waals surface area contributed by atoms with Crippen LogP contribution in [0.25, 0.3) is 0 Å². The van der Waals surface area contributed by atoms with E-state index in [0.717, 1.165) is 16.5 Å². The Labute approximate surface area is 100 Å². The number of aryl methyl sites for hydroxylation is 1. The van der Waals surface area contributed by atoms with Gasteiger partial charge < -0.3 is 10.2 Å². The summed E-state index contributed by atoms with van der Waals surface area (Å²) in [6, 6.07) is 1.89. The molecule has 4 nitrogen and oxygen atoms in total. The lowest BCUT2D eigenvalue weighted by Gasteiger charge is -2.09. The van der Waals surface area contributed by atoms with Gasteiger partial charge in [0.05, 0.1) is 12.7 Å². The van der Waals surface area contributed by atoms with E-state index in [9.17, 15) is 5.11 Å². The third kappa shape index (κ3) is 4.08. The summed E-state index contributed by atoms with van der Waals surface area (Å²) < 4.78 is 0. The molecule has 1 heterocycles. The lowest BCUT2D eigenvalue weighted by Crippen LogP contribution is -2.14. The molecule has 1 rings (SSSR count). The van der Waals surface area contributed by atoms with Crippen LogP contribution in [0.5, 0.6) is 0 Å². The van der Waals surface area contributed by atoms with Gasteiger partial charge in [-0.2, -0.15) is 0 Å². The summed E-state index contributed by atoms with van der Waals surface area (Å²) in [4.78, 5) is 8.74. The van der Waals surface area contributed by atoms with Crippen LogP contribution in [0.15, 0.2) is 11.1 Å². The van der Waals surface area contributed by atoms with Crippen LogP contribution in [0.3, 0.4) is 0 Å². The maximum atomic E-state index is 9.25. The molecule has 0 bridgehead atoms. The molecule has 5 heteroatoms. The Bertz CT molecular complexity index is 345. The number of hydrogen-bond acceptors (Lipinski definition) is 5. The monoisotopic (exact) mass is 242 g/mol. The van der Waals surface area contributed by atoms with Crippen molar-refractivity contribution in [3.8, 4) is 0 Å². The van der Waals surface area contributed by atoms with Gasteiger partial charge in [0.1, 0.15) is 10.9 Å². The molecule has 0 aliphatic carbocycles. The molecular formula is C11H18N2O2S. The normalized spacial score (nSPS) is 13.1. The molecular weight excluding hydrogens is 224 g/mol. The fraction of sp³-hybridized carbons (Fsp3) is 0.636. The molecule has 0 saturated carbocycles. The molecule has 0 aliphatic rings.